The van der Waals surface area contributed by atoms with Gasteiger partial charge in [-0.2, -0.15) is 0 Å². The number of benzene rings is 2. The van der Waals surface area contributed by atoms with Crippen molar-refractivity contribution < 1.29 is 18.7 Å². The molecule has 1 fully saturated rings. The highest BCUT2D eigenvalue weighted by Gasteiger charge is 2.21. The van der Waals surface area contributed by atoms with E-state index >= 15 is 0 Å². The van der Waals surface area contributed by atoms with Gasteiger partial charge >= 0.3 is 6.03 Å². The molecule has 29 heavy (non-hydrogen) atoms. The van der Waals surface area contributed by atoms with Crippen molar-refractivity contribution in [3.8, 4) is 5.75 Å². The number of anilines is 1. The van der Waals surface area contributed by atoms with Crippen LogP contribution in [0.25, 0.3) is 0 Å². The summed E-state index contributed by atoms with van der Waals surface area (Å²) in [5.74, 6) is 0.354. The first-order chi connectivity index (χ1) is 14.0. The van der Waals surface area contributed by atoms with Crippen molar-refractivity contribution in [1.82, 2.24) is 10.2 Å². The van der Waals surface area contributed by atoms with E-state index in [4.69, 9.17) is 9.47 Å². The molecule has 156 valence electrons. The summed E-state index contributed by atoms with van der Waals surface area (Å²) in [7, 11) is 0. The number of carbonyl (C=O) groups excluding carboxylic acids is 1. The molecule has 0 aromatic heterocycles. The predicted octanol–water partition coefficient (Wildman–Crippen LogP) is 3.64. The molecule has 2 unspecified atom stereocenters. The quantitative estimate of drug-likeness (QED) is 0.744. The minimum Gasteiger partial charge on any atom is -0.489 e. The molecule has 1 heterocycles. The second-order valence-electron chi connectivity index (χ2n) is 7.34. The van der Waals surface area contributed by atoms with Gasteiger partial charge in [-0.1, -0.05) is 18.2 Å². The lowest BCUT2D eigenvalue weighted by molar-refractivity contribution is -0.0672. The lowest BCUT2D eigenvalue weighted by Crippen LogP contribution is -2.48. The smallest absolute Gasteiger partial charge is 0.319 e. The third-order valence-electron chi connectivity index (χ3n) is 4.62. The maximum atomic E-state index is 13.0. The van der Waals surface area contributed by atoms with Gasteiger partial charge in [-0.25, -0.2) is 9.18 Å². The van der Waals surface area contributed by atoms with E-state index in [1.54, 1.807) is 24.3 Å². The van der Waals surface area contributed by atoms with E-state index < -0.39 is 0 Å². The van der Waals surface area contributed by atoms with Crippen LogP contribution in [-0.2, 0) is 11.3 Å². The number of carbonyl (C=O) groups is 1. The normalized spacial score (nSPS) is 19.6. The third-order valence-corrected chi connectivity index (χ3v) is 4.62. The molecule has 2 aromatic carbocycles. The van der Waals surface area contributed by atoms with Gasteiger partial charge in [0.25, 0.3) is 0 Å². The maximum absolute atomic E-state index is 13.0. The number of morpholine rings is 1. The van der Waals surface area contributed by atoms with E-state index in [0.29, 0.717) is 24.6 Å². The molecule has 0 bridgehead atoms. The van der Waals surface area contributed by atoms with Crippen molar-refractivity contribution in [2.75, 3.05) is 31.5 Å². The van der Waals surface area contributed by atoms with Crippen LogP contribution < -0.4 is 15.4 Å². The Morgan fingerprint density at radius 2 is 1.90 bits per heavy atom. The standard InChI is InChI=1S/C22H28FN3O3/c1-16-13-26(14-17(2)29-16)11-10-24-22(27)25-20-4-3-5-21(12-20)28-15-18-6-8-19(23)9-7-18/h3-9,12,16-17H,10-11,13-15H2,1-2H3,(H2,24,25,27). The number of rotatable bonds is 7. The fourth-order valence-corrected chi connectivity index (χ4v) is 3.38. The van der Waals surface area contributed by atoms with Crippen molar-refractivity contribution in [3.05, 3.63) is 59.9 Å². The van der Waals surface area contributed by atoms with Gasteiger partial charge in [-0.15, -0.1) is 0 Å². The van der Waals surface area contributed by atoms with Crippen LogP contribution >= 0.6 is 0 Å². The van der Waals surface area contributed by atoms with Gasteiger partial charge in [0.2, 0.25) is 0 Å². The topological polar surface area (TPSA) is 62.8 Å². The summed E-state index contributed by atoms with van der Waals surface area (Å²) >= 11 is 0. The summed E-state index contributed by atoms with van der Waals surface area (Å²) < 4.78 is 24.4. The van der Waals surface area contributed by atoms with Crippen LogP contribution in [0.4, 0.5) is 14.9 Å². The van der Waals surface area contributed by atoms with Crippen LogP contribution in [0.3, 0.4) is 0 Å². The number of hydrogen-bond donors (Lipinski definition) is 2. The van der Waals surface area contributed by atoms with Gasteiger partial charge in [0.15, 0.2) is 0 Å². The molecule has 0 saturated carbocycles. The molecule has 2 atom stereocenters. The van der Waals surface area contributed by atoms with E-state index in [-0.39, 0.29) is 24.1 Å². The zero-order chi connectivity index (χ0) is 20.6. The van der Waals surface area contributed by atoms with E-state index in [2.05, 4.69) is 29.4 Å². The highest BCUT2D eigenvalue weighted by molar-refractivity contribution is 5.89. The Labute approximate surface area is 171 Å². The second-order valence-corrected chi connectivity index (χ2v) is 7.34. The van der Waals surface area contributed by atoms with Crippen LogP contribution in [0.1, 0.15) is 19.4 Å². The van der Waals surface area contributed by atoms with Crippen molar-refractivity contribution in [2.24, 2.45) is 0 Å². The Morgan fingerprint density at radius 3 is 2.62 bits per heavy atom. The van der Waals surface area contributed by atoms with Gasteiger partial charge in [0.05, 0.1) is 12.2 Å². The number of nitrogens with zero attached hydrogens (tertiary/aromatic N) is 1. The van der Waals surface area contributed by atoms with Gasteiger partial charge in [-0.05, 0) is 43.7 Å². The fourth-order valence-electron chi connectivity index (χ4n) is 3.38. The van der Waals surface area contributed by atoms with Crippen LogP contribution in [0.5, 0.6) is 5.75 Å². The second kappa shape index (κ2) is 10.2. The summed E-state index contributed by atoms with van der Waals surface area (Å²) in [5.41, 5.74) is 1.52. The zero-order valence-corrected chi connectivity index (χ0v) is 16.9. The lowest BCUT2D eigenvalue weighted by atomic mass is 10.2. The van der Waals surface area contributed by atoms with Crippen molar-refractivity contribution in [1.29, 1.82) is 0 Å². The Hall–Kier alpha value is -2.64. The summed E-state index contributed by atoms with van der Waals surface area (Å²) in [6.45, 7) is 7.55. The molecule has 6 nitrogen and oxygen atoms in total. The summed E-state index contributed by atoms with van der Waals surface area (Å²) in [6, 6.07) is 13.1. The average Bonchev–Trinajstić information content (AvgIpc) is 2.67. The molecule has 0 radical (unpaired) electrons. The number of halogens is 1. The molecule has 0 spiro atoms. The molecular formula is C22H28FN3O3. The molecule has 2 aromatic rings. The molecule has 3 rings (SSSR count). The summed E-state index contributed by atoms with van der Waals surface area (Å²) in [6.07, 6.45) is 0.426. The first-order valence-electron chi connectivity index (χ1n) is 9.88. The highest BCUT2D eigenvalue weighted by Crippen LogP contribution is 2.19. The number of ether oxygens (including phenoxy) is 2. The zero-order valence-electron chi connectivity index (χ0n) is 16.9. The Kier molecular flexibility index (Phi) is 7.43. The van der Waals surface area contributed by atoms with Crippen LogP contribution in [0.2, 0.25) is 0 Å². The summed E-state index contributed by atoms with van der Waals surface area (Å²) in [4.78, 5) is 14.5. The maximum Gasteiger partial charge on any atom is 0.319 e. The third kappa shape index (κ3) is 7.03. The minimum atomic E-state index is -0.274. The number of amides is 2. The fraction of sp³-hybridized carbons (Fsp3) is 0.409. The van der Waals surface area contributed by atoms with Crippen molar-refractivity contribution >= 4 is 11.7 Å². The number of nitrogens with one attached hydrogen (secondary N) is 2. The molecule has 0 aliphatic carbocycles. The highest BCUT2D eigenvalue weighted by atomic mass is 19.1. The van der Waals surface area contributed by atoms with Gasteiger partial charge in [0.1, 0.15) is 18.2 Å². The Bertz CT molecular complexity index is 790. The Morgan fingerprint density at radius 1 is 1.17 bits per heavy atom. The lowest BCUT2D eigenvalue weighted by Gasteiger charge is -2.35. The molecule has 2 amide bonds. The van der Waals surface area contributed by atoms with E-state index in [1.165, 1.54) is 12.1 Å². The molecule has 1 aliphatic heterocycles. The van der Waals surface area contributed by atoms with E-state index in [1.807, 2.05) is 12.1 Å². The summed E-state index contributed by atoms with van der Waals surface area (Å²) in [5, 5.41) is 5.70. The first kappa shape index (κ1) is 21.1. The van der Waals surface area contributed by atoms with Crippen molar-refractivity contribution in [2.45, 2.75) is 32.7 Å². The molecule has 1 saturated heterocycles. The largest absolute Gasteiger partial charge is 0.489 e. The van der Waals surface area contributed by atoms with Crippen LogP contribution in [-0.4, -0.2) is 49.3 Å². The average molecular weight is 401 g/mol. The van der Waals surface area contributed by atoms with Gasteiger partial charge in [-0.3, -0.25) is 4.90 Å². The SMILES string of the molecule is CC1CN(CCNC(=O)Nc2cccc(OCc3ccc(F)cc3)c2)CC(C)O1. The molecule has 1 aliphatic rings. The van der Waals surface area contributed by atoms with E-state index in [9.17, 15) is 9.18 Å². The number of urea groups is 1. The van der Waals surface area contributed by atoms with Crippen molar-refractivity contribution in [3.63, 3.8) is 0 Å². The monoisotopic (exact) mass is 401 g/mol. The number of hydrogen-bond acceptors (Lipinski definition) is 4. The predicted molar refractivity (Wildman–Crippen MR) is 111 cm³/mol. The Balaban J connectivity index is 1.42. The van der Waals surface area contributed by atoms with Crippen LogP contribution in [0, 0.1) is 5.82 Å². The van der Waals surface area contributed by atoms with E-state index in [0.717, 1.165) is 25.2 Å². The van der Waals surface area contributed by atoms with Crippen LogP contribution in [0.15, 0.2) is 48.5 Å². The molecule has 2 N–H and O–H groups in total. The molecular weight excluding hydrogens is 373 g/mol. The van der Waals surface area contributed by atoms with Gasteiger partial charge < -0.3 is 20.1 Å². The minimum absolute atomic E-state index is 0.213. The first-order valence-corrected chi connectivity index (χ1v) is 9.88. The molecule has 7 heteroatoms. The van der Waals surface area contributed by atoms with Gasteiger partial charge in [0, 0.05) is 37.9 Å².